The van der Waals surface area contributed by atoms with Crippen LogP contribution in [0.3, 0.4) is 0 Å². The quantitative estimate of drug-likeness (QED) is 0.892. The van der Waals surface area contributed by atoms with Crippen molar-refractivity contribution in [3.05, 3.63) is 29.8 Å². The smallest absolute Gasteiger partial charge is 0.115 e. The number of rotatable bonds is 4. The molecule has 3 nitrogen and oxygen atoms in total. The van der Waals surface area contributed by atoms with E-state index in [0.29, 0.717) is 17.8 Å². The Balaban J connectivity index is 2.10. The molecule has 1 saturated heterocycles. The molecule has 2 unspecified atom stereocenters. The number of nitrogens with zero attached hydrogens (tertiary/aromatic N) is 1. The van der Waals surface area contributed by atoms with E-state index < -0.39 is 0 Å². The average Bonchev–Trinajstić information content (AvgIpc) is 2.41. The molecule has 1 heterocycles. The van der Waals surface area contributed by atoms with Crippen LogP contribution < -0.4 is 5.32 Å². The normalized spacial score (nSPS) is 24.2. The van der Waals surface area contributed by atoms with Gasteiger partial charge in [-0.15, -0.1) is 0 Å². The Morgan fingerprint density at radius 1 is 1.24 bits per heavy atom. The number of phenols is 1. The van der Waals surface area contributed by atoms with Crippen molar-refractivity contribution in [1.82, 2.24) is 10.2 Å². The van der Waals surface area contributed by atoms with E-state index in [0.717, 1.165) is 19.6 Å². The first-order chi connectivity index (χ1) is 9.90. The van der Waals surface area contributed by atoms with Crippen molar-refractivity contribution in [1.29, 1.82) is 0 Å². The summed E-state index contributed by atoms with van der Waals surface area (Å²) in [6.45, 7) is 12.4. The minimum atomic E-state index is 0.265. The fraction of sp³-hybridized carbons (Fsp3) is 0.667. The molecular formula is C18H30N2O. The van der Waals surface area contributed by atoms with Crippen molar-refractivity contribution < 1.29 is 5.11 Å². The van der Waals surface area contributed by atoms with Crippen molar-refractivity contribution >= 4 is 0 Å². The fourth-order valence-electron chi connectivity index (χ4n) is 3.29. The largest absolute Gasteiger partial charge is 0.508 e. The van der Waals surface area contributed by atoms with Crippen molar-refractivity contribution in [2.75, 3.05) is 13.1 Å². The summed E-state index contributed by atoms with van der Waals surface area (Å²) >= 11 is 0. The summed E-state index contributed by atoms with van der Waals surface area (Å²) < 4.78 is 0. The molecule has 2 rings (SSSR count). The van der Waals surface area contributed by atoms with Gasteiger partial charge in [0.15, 0.2) is 0 Å². The molecule has 2 N–H and O–H groups in total. The zero-order valence-corrected chi connectivity index (χ0v) is 13.9. The lowest BCUT2D eigenvalue weighted by atomic mass is 9.83. The van der Waals surface area contributed by atoms with Gasteiger partial charge in [0.2, 0.25) is 0 Å². The molecule has 1 aromatic carbocycles. The molecule has 2 atom stereocenters. The minimum Gasteiger partial charge on any atom is -0.508 e. The Labute approximate surface area is 129 Å². The van der Waals surface area contributed by atoms with Crippen LogP contribution in [0.15, 0.2) is 24.3 Å². The molecule has 1 fully saturated rings. The highest BCUT2D eigenvalue weighted by Crippen LogP contribution is 2.28. The monoisotopic (exact) mass is 290 g/mol. The van der Waals surface area contributed by atoms with Crippen LogP contribution in [0.2, 0.25) is 0 Å². The molecule has 0 bridgehead atoms. The van der Waals surface area contributed by atoms with Gasteiger partial charge in [-0.05, 0) is 29.5 Å². The first-order valence-electron chi connectivity index (χ1n) is 8.15. The maximum atomic E-state index is 9.43. The van der Waals surface area contributed by atoms with Gasteiger partial charge in [-0.2, -0.15) is 0 Å². The number of nitrogens with one attached hydrogen (secondary N) is 1. The third-order valence-corrected chi connectivity index (χ3v) is 4.45. The predicted octanol–water partition coefficient (Wildman–Crippen LogP) is 3.38. The van der Waals surface area contributed by atoms with Gasteiger partial charge in [-0.25, -0.2) is 0 Å². The topological polar surface area (TPSA) is 35.5 Å². The molecule has 1 aromatic rings. The Bertz CT molecular complexity index is 436. The molecule has 118 valence electrons. The van der Waals surface area contributed by atoms with Gasteiger partial charge in [0, 0.05) is 31.7 Å². The zero-order chi connectivity index (χ0) is 15.5. The standard InChI is InChI=1S/C18H30N2O/c1-5-6-15-13-20(17(11-19-15)18(2,3)4)12-14-7-9-16(21)10-8-14/h7-10,15,17,19,21H,5-6,11-13H2,1-4H3. The van der Waals surface area contributed by atoms with Gasteiger partial charge in [0.1, 0.15) is 5.75 Å². The molecule has 0 saturated carbocycles. The summed E-state index contributed by atoms with van der Waals surface area (Å²) in [6, 6.07) is 8.78. The highest BCUT2D eigenvalue weighted by Gasteiger charge is 2.35. The van der Waals surface area contributed by atoms with Crippen LogP contribution in [0.25, 0.3) is 0 Å². The number of piperazine rings is 1. The van der Waals surface area contributed by atoms with Gasteiger partial charge >= 0.3 is 0 Å². The van der Waals surface area contributed by atoms with Gasteiger partial charge in [0.05, 0.1) is 0 Å². The number of aromatic hydroxyl groups is 1. The molecule has 0 aromatic heterocycles. The zero-order valence-electron chi connectivity index (χ0n) is 13.9. The van der Waals surface area contributed by atoms with E-state index in [1.807, 2.05) is 12.1 Å². The van der Waals surface area contributed by atoms with E-state index in [1.165, 1.54) is 18.4 Å². The average molecular weight is 290 g/mol. The first kappa shape index (κ1) is 16.3. The van der Waals surface area contributed by atoms with Crippen molar-refractivity contribution in [2.24, 2.45) is 5.41 Å². The van der Waals surface area contributed by atoms with Crippen molar-refractivity contribution in [3.63, 3.8) is 0 Å². The number of phenolic OH excluding ortho intramolecular Hbond substituents is 1. The second kappa shape index (κ2) is 6.80. The highest BCUT2D eigenvalue weighted by atomic mass is 16.3. The van der Waals surface area contributed by atoms with Gasteiger partial charge < -0.3 is 10.4 Å². The molecule has 21 heavy (non-hydrogen) atoms. The van der Waals surface area contributed by atoms with E-state index in [-0.39, 0.29) is 5.41 Å². The summed E-state index contributed by atoms with van der Waals surface area (Å²) in [6.07, 6.45) is 2.47. The number of hydrogen-bond acceptors (Lipinski definition) is 3. The lowest BCUT2D eigenvalue weighted by molar-refractivity contribution is 0.0474. The molecule has 0 spiro atoms. The van der Waals surface area contributed by atoms with Crippen LogP contribution in [0.4, 0.5) is 0 Å². The maximum Gasteiger partial charge on any atom is 0.115 e. The number of benzene rings is 1. The highest BCUT2D eigenvalue weighted by molar-refractivity contribution is 5.26. The SMILES string of the molecule is CCCC1CN(Cc2ccc(O)cc2)C(C(C)(C)C)CN1. The van der Waals surface area contributed by atoms with Crippen LogP contribution in [0.5, 0.6) is 5.75 Å². The lowest BCUT2D eigenvalue weighted by Gasteiger charge is -2.46. The van der Waals surface area contributed by atoms with Crippen LogP contribution in [0, 0.1) is 5.41 Å². The minimum absolute atomic E-state index is 0.265. The summed E-state index contributed by atoms with van der Waals surface area (Å²) in [5.41, 5.74) is 1.54. The molecule has 1 aliphatic rings. The molecule has 0 amide bonds. The number of hydrogen-bond donors (Lipinski definition) is 2. The van der Waals surface area contributed by atoms with Crippen LogP contribution in [-0.2, 0) is 6.54 Å². The van der Waals surface area contributed by atoms with E-state index >= 15 is 0 Å². The van der Waals surface area contributed by atoms with Crippen LogP contribution in [0.1, 0.15) is 46.1 Å². The van der Waals surface area contributed by atoms with Gasteiger partial charge in [-0.1, -0.05) is 46.2 Å². The van der Waals surface area contributed by atoms with E-state index in [1.54, 1.807) is 12.1 Å². The van der Waals surface area contributed by atoms with Gasteiger partial charge in [-0.3, -0.25) is 4.90 Å². The third kappa shape index (κ3) is 4.45. The second-order valence-electron chi connectivity index (χ2n) is 7.37. The van der Waals surface area contributed by atoms with Crippen molar-refractivity contribution in [3.8, 4) is 5.75 Å². The Morgan fingerprint density at radius 2 is 1.90 bits per heavy atom. The summed E-state index contributed by atoms with van der Waals surface area (Å²) in [5, 5.41) is 13.2. The molecule has 0 aliphatic carbocycles. The Morgan fingerprint density at radius 3 is 2.48 bits per heavy atom. The summed E-state index contributed by atoms with van der Waals surface area (Å²) in [5.74, 6) is 0.343. The molecule has 0 radical (unpaired) electrons. The molecule has 1 aliphatic heterocycles. The Hall–Kier alpha value is -1.06. The van der Waals surface area contributed by atoms with Crippen LogP contribution >= 0.6 is 0 Å². The maximum absolute atomic E-state index is 9.43. The Kier molecular flexibility index (Phi) is 5.28. The predicted molar refractivity (Wildman–Crippen MR) is 88.5 cm³/mol. The lowest BCUT2D eigenvalue weighted by Crippen LogP contribution is -2.60. The molecule has 3 heteroatoms. The fourth-order valence-corrected chi connectivity index (χ4v) is 3.29. The molecular weight excluding hydrogens is 260 g/mol. The summed E-state index contributed by atoms with van der Waals surface area (Å²) in [7, 11) is 0. The first-order valence-corrected chi connectivity index (χ1v) is 8.15. The summed E-state index contributed by atoms with van der Waals surface area (Å²) in [4.78, 5) is 2.61. The van der Waals surface area contributed by atoms with E-state index in [9.17, 15) is 5.11 Å². The third-order valence-electron chi connectivity index (χ3n) is 4.45. The van der Waals surface area contributed by atoms with Crippen molar-refractivity contribution in [2.45, 2.75) is 59.2 Å². The van der Waals surface area contributed by atoms with Gasteiger partial charge in [0.25, 0.3) is 0 Å². The van der Waals surface area contributed by atoms with Crippen LogP contribution in [-0.4, -0.2) is 35.2 Å². The van der Waals surface area contributed by atoms with E-state index in [2.05, 4.69) is 37.9 Å². The van der Waals surface area contributed by atoms with E-state index in [4.69, 9.17) is 0 Å². The second-order valence-corrected chi connectivity index (χ2v) is 7.37.